The van der Waals surface area contributed by atoms with Crippen LogP contribution < -0.4 is 16.4 Å². The van der Waals surface area contributed by atoms with Crippen molar-refractivity contribution in [3.05, 3.63) is 36.0 Å². The summed E-state index contributed by atoms with van der Waals surface area (Å²) in [6, 6.07) is 6.94. The summed E-state index contributed by atoms with van der Waals surface area (Å²) in [5, 5.41) is 9.83. The fourth-order valence-electron chi connectivity index (χ4n) is 1.58. The monoisotopic (exact) mass is 245 g/mol. The van der Waals surface area contributed by atoms with Crippen LogP contribution in [0, 0.1) is 0 Å². The lowest BCUT2D eigenvalue weighted by molar-refractivity contribution is 0.0963. The Morgan fingerprint density at radius 2 is 2.17 bits per heavy atom. The third kappa shape index (κ3) is 2.42. The molecule has 0 radical (unpaired) electrons. The second-order valence-electron chi connectivity index (χ2n) is 3.88. The number of amides is 1. The van der Waals surface area contributed by atoms with Crippen LogP contribution in [0.3, 0.4) is 0 Å². The van der Waals surface area contributed by atoms with Crippen molar-refractivity contribution in [1.29, 1.82) is 0 Å². The Balaban J connectivity index is 2.22. The maximum atomic E-state index is 11.4. The summed E-state index contributed by atoms with van der Waals surface area (Å²) >= 11 is 0. The zero-order chi connectivity index (χ0) is 13.1. The summed E-state index contributed by atoms with van der Waals surface area (Å²) in [6.07, 6.45) is 1.83. The lowest BCUT2D eigenvalue weighted by Crippen LogP contribution is -2.18. The lowest BCUT2D eigenvalue weighted by Gasteiger charge is -2.08. The molecule has 0 atom stereocenters. The van der Waals surface area contributed by atoms with E-state index in [1.165, 1.54) is 0 Å². The normalized spacial score (nSPS) is 10.1. The maximum absolute atomic E-state index is 11.4. The average Bonchev–Trinajstić information content (AvgIpc) is 2.76. The van der Waals surface area contributed by atoms with E-state index in [9.17, 15) is 4.79 Å². The van der Waals surface area contributed by atoms with E-state index in [0.29, 0.717) is 17.1 Å². The number of nitrogens with one attached hydrogen (secondary N) is 2. The number of carbonyl (C=O) groups is 1. The summed E-state index contributed by atoms with van der Waals surface area (Å²) in [7, 11) is 3.42. The maximum Gasteiger partial charge on any atom is 0.251 e. The van der Waals surface area contributed by atoms with Crippen LogP contribution in [-0.4, -0.2) is 22.7 Å². The molecule has 0 spiro atoms. The van der Waals surface area contributed by atoms with E-state index in [1.807, 2.05) is 19.3 Å². The van der Waals surface area contributed by atoms with Gasteiger partial charge in [0.15, 0.2) is 5.82 Å². The number of nitrogen functional groups attached to an aromatic ring is 1. The first-order valence-electron chi connectivity index (χ1n) is 5.48. The Morgan fingerprint density at radius 1 is 1.39 bits per heavy atom. The molecule has 18 heavy (non-hydrogen) atoms. The number of aromatic nitrogens is 2. The highest BCUT2D eigenvalue weighted by Crippen LogP contribution is 2.23. The minimum atomic E-state index is -0.161. The molecule has 0 fully saturated rings. The van der Waals surface area contributed by atoms with Gasteiger partial charge in [-0.25, -0.2) is 0 Å². The molecular formula is C12H15N5O. The van der Waals surface area contributed by atoms with Crippen molar-refractivity contribution in [3.8, 4) is 0 Å². The number of aryl methyl sites for hydroxylation is 1. The van der Waals surface area contributed by atoms with Crippen LogP contribution in [0.25, 0.3) is 0 Å². The first-order chi connectivity index (χ1) is 8.60. The van der Waals surface area contributed by atoms with Gasteiger partial charge in [-0.15, -0.1) is 0 Å². The summed E-state index contributed by atoms with van der Waals surface area (Å²) in [5.74, 6) is 0.544. The number of carbonyl (C=O) groups excluding carboxylic acids is 1. The van der Waals surface area contributed by atoms with Gasteiger partial charge in [0.2, 0.25) is 0 Å². The Hall–Kier alpha value is -2.50. The fraction of sp³-hybridized carbons (Fsp3) is 0.167. The number of benzene rings is 1. The number of nitrogens with zero attached hydrogens (tertiary/aromatic N) is 2. The van der Waals surface area contributed by atoms with E-state index >= 15 is 0 Å². The Morgan fingerprint density at radius 3 is 2.72 bits per heavy atom. The lowest BCUT2D eigenvalue weighted by atomic mass is 10.1. The minimum Gasteiger partial charge on any atom is -0.397 e. The summed E-state index contributed by atoms with van der Waals surface area (Å²) < 4.78 is 1.69. The van der Waals surface area contributed by atoms with Crippen molar-refractivity contribution in [1.82, 2.24) is 15.1 Å². The van der Waals surface area contributed by atoms with Gasteiger partial charge in [0, 0.05) is 31.9 Å². The molecule has 2 rings (SSSR count). The largest absolute Gasteiger partial charge is 0.397 e. The fourth-order valence-corrected chi connectivity index (χ4v) is 1.58. The highest BCUT2D eigenvalue weighted by Gasteiger charge is 2.07. The molecule has 1 aromatic carbocycles. The average molecular weight is 245 g/mol. The van der Waals surface area contributed by atoms with Crippen molar-refractivity contribution in [3.63, 3.8) is 0 Å². The number of rotatable bonds is 3. The van der Waals surface area contributed by atoms with Gasteiger partial charge in [0.1, 0.15) is 0 Å². The first kappa shape index (κ1) is 12.0. The molecule has 1 amide bonds. The van der Waals surface area contributed by atoms with Crippen molar-refractivity contribution in [2.75, 3.05) is 18.1 Å². The molecule has 0 saturated carbocycles. The predicted octanol–water partition coefficient (Wildman–Crippen LogP) is 1.11. The molecule has 0 aliphatic rings. The van der Waals surface area contributed by atoms with Gasteiger partial charge in [-0.3, -0.25) is 9.48 Å². The van der Waals surface area contributed by atoms with E-state index in [2.05, 4.69) is 15.7 Å². The molecule has 0 aliphatic carbocycles. The standard InChI is InChI=1S/C12H15N5O/c1-14-12(18)8-3-4-10(9(13)7-8)15-11-5-6-17(2)16-11/h3-7H,13H2,1-2H3,(H,14,18)(H,15,16). The molecule has 1 aromatic heterocycles. The Labute approximate surface area is 105 Å². The summed E-state index contributed by atoms with van der Waals surface area (Å²) in [5.41, 5.74) is 7.65. The zero-order valence-electron chi connectivity index (χ0n) is 10.3. The van der Waals surface area contributed by atoms with Crippen LogP contribution in [0.2, 0.25) is 0 Å². The van der Waals surface area contributed by atoms with Crippen LogP contribution in [0.15, 0.2) is 30.5 Å². The number of anilines is 3. The van der Waals surface area contributed by atoms with E-state index in [4.69, 9.17) is 5.73 Å². The van der Waals surface area contributed by atoms with Crippen LogP contribution in [0.4, 0.5) is 17.2 Å². The second kappa shape index (κ2) is 4.79. The third-order valence-corrected chi connectivity index (χ3v) is 2.52. The number of nitrogens with two attached hydrogens (primary N) is 1. The van der Waals surface area contributed by atoms with Crippen molar-refractivity contribution in [2.45, 2.75) is 0 Å². The van der Waals surface area contributed by atoms with Crippen LogP contribution in [-0.2, 0) is 7.05 Å². The van der Waals surface area contributed by atoms with Gasteiger partial charge in [-0.1, -0.05) is 0 Å². The van der Waals surface area contributed by atoms with Crippen LogP contribution in [0.1, 0.15) is 10.4 Å². The zero-order valence-corrected chi connectivity index (χ0v) is 10.3. The molecule has 1 heterocycles. The SMILES string of the molecule is CNC(=O)c1ccc(Nc2ccn(C)n2)c(N)c1. The van der Waals surface area contributed by atoms with Gasteiger partial charge >= 0.3 is 0 Å². The van der Waals surface area contributed by atoms with Gasteiger partial charge < -0.3 is 16.4 Å². The molecule has 2 aromatic rings. The Bertz CT molecular complexity index is 576. The molecule has 0 bridgehead atoms. The van der Waals surface area contributed by atoms with E-state index in [0.717, 1.165) is 5.69 Å². The first-order valence-corrected chi connectivity index (χ1v) is 5.48. The van der Waals surface area contributed by atoms with Crippen molar-refractivity contribution >= 4 is 23.1 Å². The number of hydrogen-bond donors (Lipinski definition) is 3. The van der Waals surface area contributed by atoms with Crippen LogP contribution >= 0.6 is 0 Å². The van der Waals surface area contributed by atoms with E-state index in [-0.39, 0.29) is 5.91 Å². The van der Waals surface area contributed by atoms with Crippen LogP contribution in [0.5, 0.6) is 0 Å². The highest BCUT2D eigenvalue weighted by molar-refractivity contribution is 5.96. The van der Waals surface area contributed by atoms with E-state index < -0.39 is 0 Å². The van der Waals surface area contributed by atoms with Gasteiger partial charge in [-0.2, -0.15) is 5.10 Å². The molecule has 6 heteroatoms. The topological polar surface area (TPSA) is 85.0 Å². The Kier molecular flexibility index (Phi) is 3.18. The molecule has 0 saturated heterocycles. The third-order valence-electron chi connectivity index (χ3n) is 2.52. The van der Waals surface area contributed by atoms with Crippen molar-refractivity contribution in [2.24, 2.45) is 7.05 Å². The molecular weight excluding hydrogens is 230 g/mol. The number of hydrogen-bond acceptors (Lipinski definition) is 4. The van der Waals surface area contributed by atoms with Gasteiger partial charge in [0.05, 0.1) is 11.4 Å². The van der Waals surface area contributed by atoms with Gasteiger partial charge in [0.25, 0.3) is 5.91 Å². The smallest absolute Gasteiger partial charge is 0.251 e. The minimum absolute atomic E-state index is 0.161. The molecule has 4 N–H and O–H groups in total. The molecule has 94 valence electrons. The van der Waals surface area contributed by atoms with Gasteiger partial charge in [-0.05, 0) is 18.2 Å². The molecule has 6 nitrogen and oxygen atoms in total. The predicted molar refractivity (Wildman–Crippen MR) is 70.7 cm³/mol. The highest BCUT2D eigenvalue weighted by atomic mass is 16.1. The molecule has 0 unspecified atom stereocenters. The summed E-state index contributed by atoms with van der Waals surface area (Å²) in [6.45, 7) is 0. The summed E-state index contributed by atoms with van der Waals surface area (Å²) in [4.78, 5) is 11.4. The quantitative estimate of drug-likeness (QED) is 0.707. The van der Waals surface area contributed by atoms with E-state index in [1.54, 1.807) is 29.9 Å². The molecule has 0 aliphatic heterocycles. The second-order valence-corrected chi connectivity index (χ2v) is 3.88. The van der Waals surface area contributed by atoms with Crippen molar-refractivity contribution < 1.29 is 4.79 Å².